The molecule has 4 heterocycles. The SMILES string of the molecule is CCCCCN1CCc2cc(N=Nc3nc4sc(/C=C5\C(=O)N(C)C(=O)N(C6CCCCC6)C5=O)cc4s3)ccc21. The highest BCUT2D eigenvalue weighted by atomic mass is 32.1. The number of hydrogen-bond donors (Lipinski definition) is 0. The Bertz CT molecular complexity index is 1520. The molecule has 0 unspecified atom stereocenters. The van der Waals surface area contributed by atoms with Gasteiger partial charge in [-0.3, -0.25) is 19.4 Å². The summed E-state index contributed by atoms with van der Waals surface area (Å²) in [6.07, 6.45) is 11.0. The van der Waals surface area contributed by atoms with Gasteiger partial charge in [-0.1, -0.05) is 50.4 Å². The fraction of sp³-hybridized carbons (Fsp3) is 0.467. The number of likely N-dealkylation sites (N-methyl/N-ethyl adjacent to an activating group) is 1. The number of thiophene rings is 1. The Morgan fingerprint density at radius 2 is 1.85 bits per heavy atom. The number of urea groups is 1. The number of fused-ring (bicyclic) bond motifs is 2. The molecular formula is C30H34N6O3S2. The molecular weight excluding hydrogens is 557 g/mol. The highest BCUT2D eigenvalue weighted by molar-refractivity contribution is 7.29. The summed E-state index contributed by atoms with van der Waals surface area (Å²) in [6, 6.07) is 7.51. The van der Waals surface area contributed by atoms with Gasteiger partial charge >= 0.3 is 6.03 Å². The average molecular weight is 591 g/mol. The number of rotatable bonds is 8. The zero-order valence-electron chi connectivity index (χ0n) is 23.5. The van der Waals surface area contributed by atoms with E-state index < -0.39 is 17.8 Å². The van der Waals surface area contributed by atoms with Crippen molar-refractivity contribution in [3.05, 3.63) is 40.3 Å². The maximum atomic E-state index is 13.3. The molecule has 1 saturated heterocycles. The molecule has 2 fully saturated rings. The van der Waals surface area contributed by atoms with Gasteiger partial charge in [0.05, 0.1) is 10.4 Å². The van der Waals surface area contributed by atoms with Crippen LogP contribution >= 0.6 is 22.7 Å². The van der Waals surface area contributed by atoms with E-state index >= 15 is 0 Å². The van der Waals surface area contributed by atoms with Crippen LogP contribution in [0.1, 0.15) is 68.7 Å². The predicted octanol–water partition coefficient (Wildman–Crippen LogP) is 7.46. The third kappa shape index (κ3) is 5.57. The number of hydrogen-bond acceptors (Lipinski definition) is 9. The first-order chi connectivity index (χ1) is 19.9. The predicted molar refractivity (Wildman–Crippen MR) is 163 cm³/mol. The van der Waals surface area contributed by atoms with Gasteiger partial charge in [0.2, 0.25) is 5.13 Å². The van der Waals surface area contributed by atoms with Gasteiger partial charge in [0, 0.05) is 36.7 Å². The second-order valence-corrected chi connectivity index (χ2v) is 13.0. The summed E-state index contributed by atoms with van der Waals surface area (Å²) in [7, 11) is 1.44. The molecule has 41 heavy (non-hydrogen) atoms. The Hall–Kier alpha value is -3.44. The fourth-order valence-electron chi connectivity index (χ4n) is 5.92. The second-order valence-electron chi connectivity index (χ2n) is 10.9. The molecule has 0 radical (unpaired) electrons. The number of benzene rings is 1. The number of nitrogens with zero attached hydrogens (tertiary/aromatic N) is 6. The highest BCUT2D eigenvalue weighted by Gasteiger charge is 2.43. The number of imide groups is 2. The number of aromatic nitrogens is 1. The quantitative estimate of drug-likeness (QED) is 0.117. The van der Waals surface area contributed by atoms with Gasteiger partial charge in [0.25, 0.3) is 11.8 Å². The van der Waals surface area contributed by atoms with Crippen LogP contribution in [0, 0.1) is 0 Å². The van der Waals surface area contributed by atoms with Gasteiger partial charge in [-0.05, 0) is 61.6 Å². The van der Waals surface area contributed by atoms with E-state index in [4.69, 9.17) is 0 Å². The normalized spacial score (nSPS) is 19.5. The van der Waals surface area contributed by atoms with Gasteiger partial charge in [-0.2, -0.15) is 0 Å². The summed E-state index contributed by atoms with van der Waals surface area (Å²) in [5, 5.41) is 9.40. The van der Waals surface area contributed by atoms with E-state index in [1.54, 1.807) is 6.08 Å². The Balaban J connectivity index is 1.17. The lowest BCUT2D eigenvalue weighted by atomic mass is 9.93. The summed E-state index contributed by atoms with van der Waals surface area (Å²) in [4.78, 5) is 50.0. The standard InChI is InChI=1S/C30H34N6O3S2/c1-3-4-8-14-35-15-13-19-16-20(11-12-24(19)35)32-33-29-31-26-25(41-29)18-22(40-26)17-23-27(37)34(2)30(39)36(28(23)38)21-9-6-5-7-10-21/h11-12,16-18,21H,3-10,13-15H2,1-2H3/b23-17+,33-32?. The minimum atomic E-state index is -0.565. The minimum absolute atomic E-state index is 0.0204. The van der Waals surface area contributed by atoms with Crippen molar-refractivity contribution in [1.82, 2.24) is 14.8 Å². The van der Waals surface area contributed by atoms with Gasteiger partial charge in [0.15, 0.2) is 0 Å². The topological polar surface area (TPSA) is 98.5 Å². The maximum Gasteiger partial charge on any atom is 0.333 e. The van der Waals surface area contributed by atoms with Crippen LogP contribution in [0.2, 0.25) is 0 Å². The maximum absolute atomic E-state index is 13.3. The molecule has 11 heteroatoms. The van der Waals surface area contributed by atoms with Crippen LogP contribution in [0.25, 0.3) is 15.6 Å². The molecule has 2 aromatic heterocycles. The van der Waals surface area contributed by atoms with Crippen LogP contribution < -0.4 is 4.90 Å². The van der Waals surface area contributed by atoms with Crippen LogP contribution in [0.4, 0.5) is 21.3 Å². The molecule has 1 saturated carbocycles. The molecule has 3 aromatic rings. The van der Waals surface area contributed by atoms with Crippen molar-refractivity contribution >= 4 is 72.6 Å². The molecule has 0 spiro atoms. The lowest BCUT2D eigenvalue weighted by Gasteiger charge is -2.38. The van der Waals surface area contributed by atoms with Crippen LogP contribution in [-0.2, 0) is 16.0 Å². The Labute approximate surface area is 247 Å². The van der Waals surface area contributed by atoms with Crippen LogP contribution in [0.5, 0.6) is 0 Å². The lowest BCUT2D eigenvalue weighted by Crippen LogP contribution is -2.58. The fourth-order valence-corrected chi connectivity index (χ4v) is 7.91. The van der Waals surface area contributed by atoms with Crippen molar-refractivity contribution in [3.8, 4) is 0 Å². The smallest absolute Gasteiger partial charge is 0.333 e. The van der Waals surface area contributed by atoms with Crippen molar-refractivity contribution in [2.24, 2.45) is 10.2 Å². The Morgan fingerprint density at radius 3 is 2.63 bits per heavy atom. The molecule has 4 amide bonds. The number of barbiturate groups is 1. The Kier molecular flexibility index (Phi) is 7.99. The number of carbonyl (C=O) groups is 3. The molecule has 0 N–H and O–H groups in total. The number of carbonyl (C=O) groups excluding carboxylic acids is 3. The summed E-state index contributed by atoms with van der Waals surface area (Å²) < 4.78 is 0.914. The molecule has 214 valence electrons. The van der Waals surface area contributed by atoms with E-state index in [2.05, 4.69) is 39.2 Å². The second kappa shape index (κ2) is 11.8. The number of anilines is 1. The molecule has 6 rings (SSSR count). The molecule has 0 bridgehead atoms. The monoisotopic (exact) mass is 590 g/mol. The van der Waals surface area contributed by atoms with Crippen LogP contribution in [0.3, 0.4) is 0 Å². The number of azo groups is 1. The van der Waals surface area contributed by atoms with Gasteiger partial charge < -0.3 is 4.90 Å². The van der Waals surface area contributed by atoms with Crippen molar-refractivity contribution in [1.29, 1.82) is 0 Å². The summed E-state index contributed by atoms with van der Waals surface area (Å²) in [5.41, 5.74) is 3.46. The van der Waals surface area contributed by atoms with E-state index in [0.717, 1.165) is 76.6 Å². The highest BCUT2D eigenvalue weighted by Crippen LogP contribution is 2.37. The molecule has 3 aliphatic rings. The zero-order chi connectivity index (χ0) is 28.5. The molecule has 1 aliphatic carbocycles. The molecule has 2 aliphatic heterocycles. The summed E-state index contributed by atoms with van der Waals surface area (Å²) >= 11 is 2.81. The van der Waals surface area contributed by atoms with Gasteiger partial charge in [0.1, 0.15) is 10.4 Å². The van der Waals surface area contributed by atoms with Crippen LogP contribution in [-0.4, -0.2) is 58.8 Å². The van der Waals surface area contributed by atoms with E-state index in [0.29, 0.717) is 5.13 Å². The average Bonchev–Trinajstić information content (AvgIpc) is 3.67. The van der Waals surface area contributed by atoms with E-state index in [1.165, 1.54) is 65.1 Å². The zero-order valence-corrected chi connectivity index (χ0v) is 25.1. The van der Waals surface area contributed by atoms with E-state index in [9.17, 15) is 14.4 Å². The summed E-state index contributed by atoms with van der Waals surface area (Å²) in [6.45, 7) is 4.39. The first kappa shape index (κ1) is 27.7. The van der Waals surface area contributed by atoms with Crippen molar-refractivity contribution < 1.29 is 14.4 Å². The Morgan fingerprint density at radius 1 is 1.02 bits per heavy atom. The first-order valence-electron chi connectivity index (χ1n) is 14.5. The van der Waals surface area contributed by atoms with Gasteiger partial charge in [-0.25, -0.2) is 9.78 Å². The minimum Gasteiger partial charge on any atom is -0.371 e. The molecule has 1 aromatic carbocycles. The number of thiazole rings is 1. The first-order valence-corrected chi connectivity index (χ1v) is 16.1. The third-order valence-electron chi connectivity index (χ3n) is 8.14. The number of amides is 4. The largest absolute Gasteiger partial charge is 0.371 e. The van der Waals surface area contributed by atoms with Crippen molar-refractivity contribution in [2.45, 2.75) is 70.8 Å². The number of unbranched alkanes of at least 4 members (excludes halogenated alkanes) is 2. The summed E-state index contributed by atoms with van der Waals surface area (Å²) in [5.74, 6) is -1.06. The van der Waals surface area contributed by atoms with Gasteiger partial charge in [-0.15, -0.1) is 21.6 Å². The molecule has 0 atom stereocenters. The van der Waals surface area contributed by atoms with E-state index in [-0.39, 0.29) is 11.6 Å². The molecule has 9 nitrogen and oxygen atoms in total. The lowest BCUT2D eigenvalue weighted by molar-refractivity contribution is -0.136. The van der Waals surface area contributed by atoms with Crippen molar-refractivity contribution in [3.63, 3.8) is 0 Å². The van der Waals surface area contributed by atoms with Crippen molar-refractivity contribution in [2.75, 3.05) is 25.0 Å². The third-order valence-corrected chi connectivity index (χ3v) is 10.1. The van der Waals surface area contributed by atoms with Crippen LogP contribution in [0.15, 0.2) is 40.1 Å². The van der Waals surface area contributed by atoms with E-state index in [1.807, 2.05) is 12.1 Å².